The molecule has 8 rings (SSSR count). The van der Waals surface area contributed by atoms with Crippen LogP contribution >= 0.6 is 0 Å². The van der Waals surface area contributed by atoms with Crippen LogP contribution in [0.25, 0.3) is 11.1 Å². The van der Waals surface area contributed by atoms with E-state index in [0.29, 0.717) is 11.8 Å². The van der Waals surface area contributed by atoms with Crippen molar-refractivity contribution in [1.29, 1.82) is 0 Å². The molecule has 6 nitrogen and oxygen atoms in total. The molecule has 4 aromatic heterocycles. The van der Waals surface area contributed by atoms with Crippen LogP contribution in [0, 0.1) is 49.2 Å². The number of rotatable bonds is 5. The van der Waals surface area contributed by atoms with Crippen molar-refractivity contribution in [3.8, 4) is 46.5 Å². The molecular formula is C40H28N4O2Pt2-6. The van der Waals surface area contributed by atoms with Gasteiger partial charge in [-0.15, -0.1) is 0 Å². The van der Waals surface area contributed by atoms with Crippen molar-refractivity contribution in [1.82, 2.24) is 19.1 Å². The summed E-state index contributed by atoms with van der Waals surface area (Å²) in [5.41, 5.74) is 6.31. The van der Waals surface area contributed by atoms with Gasteiger partial charge in [-0.3, -0.25) is 0 Å². The van der Waals surface area contributed by atoms with Gasteiger partial charge in [0.15, 0.2) is 0 Å². The Kier molecular flexibility index (Phi) is 13.6. The zero-order valence-corrected chi connectivity index (χ0v) is 30.3. The zero-order chi connectivity index (χ0) is 31.6. The summed E-state index contributed by atoms with van der Waals surface area (Å²) in [5, 5.41) is 0. The molecule has 0 aliphatic heterocycles. The summed E-state index contributed by atoms with van der Waals surface area (Å²) in [4.78, 5) is 8.63. The van der Waals surface area contributed by atoms with Crippen molar-refractivity contribution in [2.45, 2.75) is 38.5 Å². The first-order valence-electron chi connectivity index (χ1n) is 15.0. The first kappa shape index (κ1) is 36.2. The minimum atomic E-state index is 0. The summed E-state index contributed by atoms with van der Waals surface area (Å²) in [6.07, 6.45) is 29.7. The van der Waals surface area contributed by atoms with Crippen molar-refractivity contribution in [3.05, 3.63) is 157 Å². The second kappa shape index (κ2) is 18.1. The second-order valence-corrected chi connectivity index (χ2v) is 10.5. The molecule has 0 radical (unpaired) electrons. The quantitative estimate of drug-likeness (QED) is 0.132. The van der Waals surface area contributed by atoms with Gasteiger partial charge in [0.05, 0.1) is 0 Å². The van der Waals surface area contributed by atoms with Gasteiger partial charge in [-0.1, -0.05) is 62.2 Å². The van der Waals surface area contributed by atoms with E-state index in [-0.39, 0.29) is 42.1 Å². The Morgan fingerprint density at radius 3 is 1.31 bits per heavy atom. The molecule has 2 aliphatic carbocycles. The van der Waals surface area contributed by atoms with Crippen LogP contribution in [0.4, 0.5) is 0 Å². The number of benzene rings is 2. The zero-order valence-electron chi connectivity index (χ0n) is 25.7. The van der Waals surface area contributed by atoms with Crippen molar-refractivity contribution >= 4 is 0 Å². The number of aryl methyl sites for hydroxylation is 2. The van der Waals surface area contributed by atoms with Gasteiger partial charge in [-0.25, -0.2) is 33.2 Å². The molecule has 0 unspecified atom stereocenters. The van der Waals surface area contributed by atoms with Gasteiger partial charge in [0.2, 0.25) is 11.8 Å². The van der Waals surface area contributed by atoms with Crippen LogP contribution in [-0.4, -0.2) is 19.1 Å². The standard InChI is InChI=1S/C28H20N2O2.2C6H4N.2Pt/c1-3-13-29-27(11-1)31-25-17-21(15-19-7-5-9-23(19)25)22-16-20-8-6-10-24(20)26(18-22)32-28-12-2-4-14-30-28;2*1-2-7-5-3-4-6-7;;/h1-4,11-14H,5-10H2;2*3-6H;;/q-4;2*-1;;. The minimum Gasteiger partial charge on any atom is -0.669 e. The van der Waals surface area contributed by atoms with Crippen molar-refractivity contribution in [3.63, 3.8) is 0 Å². The van der Waals surface area contributed by atoms with E-state index < -0.39 is 0 Å². The predicted octanol–water partition coefficient (Wildman–Crippen LogP) is 7.67. The number of hydrogen-bond acceptors (Lipinski definition) is 4. The SMILES string of the molecule is [C-]#Cn1cccc1.[C-]#Cn1cccc1.[Pt].[Pt].[c-]1c(-c2[c-]c3c(c(Oc4ccccn4)[c-]2)CCC3)[c-]c(Oc2ccccn2)c2c1CCC2. The molecule has 0 fully saturated rings. The predicted molar refractivity (Wildman–Crippen MR) is 174 cm³/mol. The number of hydrogen-bond donors (Lipinski definition) is 0. The Morgan fingerprint density at radius 1 is 0.562 bits per heavy atom. The molecule has 2 aliphatic rings. The van der Waals surface area contributed by atoms with Crippen molar-refractivity contribution in [2.75, 3.05) is 0 Å². The maximum absolute atomic E-state index is 6.57. The Labute approximate surface area is 311 Å². The van der Waals surface area contributed by atoms with Gasteiger partial charge >= 0.3 is 0 Å². The van der Waals surface area contributed by atoms with E-state index in [1.807, 2.05) is 60.7 Å². The third-order valence-corrected chi connectivity index (χ3v) is 7.42. The average molecular weight is 987 g/mol. The topological polar surface area (TPSA) is 54.1 Å². The number of pyridine rings is 2. The van der Waals surface area contributed by atoms with E-state index in [4.69, 9.17) is 22.3 Å². The van der Waals surface area contributed by atoms with Crippen LogP contribution in [0.1, 0.15) is 35.1 Å². The van der Waals surface area contributed by atoms with Crippen LogP contribution in [0.3, 0.4) is 0 Å². The molecule has 0 bridgehead atoms. The number of nitrogens with zero attached hydrogens (tertiary/aromatic N) is 4. The van der Waals surface area contributed by atoms with E-state index in [9.17, 15) is 0 Å². The Morgan fingerprint density at radius 2 is 0.979 bits per heavy atom. The molecular weight excluding hydrogens is 959 g/mol. The first-order chi connectivity index (χ1) is 22.7. The molecule has 0 amide bonds. The maximum atomic E-state index is 6.57. The van der Waals surface area contributed by atoms with E-state index in [2.05, 4.69) is 46.3 Å². The third kappa shape index (κ3) is 9.26. The fourth-order valence-electron chi connectivity index (χ4n) is 5.27. The largest absolute Gasteiger partial charge is 0.669 e. The smallest absolute Gasteiger partial charge is 0.215 e. The summed E-state index contributed by atoms with van der Waals surface area (Å²) in [6.45, 7) is 0. The van der Waals surface area contributed by atoms with Crippen LogP contribution in [-0.2, 0) is 67.8 Å². The first-order valence-corrected chi connectivity index (χ1v) is 15.0. The summed E-state index contributed by atoms with van der Waals surface area (Å²) < 4.78 is 15.4. The van der Waals surface area contributed by atoms with Crippen LogP contribution in [0.15, 0.2) is 97.8 Å². The molecule has 0 atom stereocenters. The van der Waals surface area contributed by atoms with Crippen LogP contribution in [0.5, 0.6) is 23.3 Å². The molecule has 0 saturated heterocycles. The molecule has 0 saturated carbocycles. The van der Waals surface area contributed by atoms with Crippen molar-refractivity contribution < 1.29 is 51.6 Å². The summed E-state index contributed by atoms with van der Waals surface area (Å²) >= 11 is 0. The average Bonchev–Trinajstić information content (AvgIpc) is 3.94. The molecule has 6 aromatic rings. The number of aromatic nitrogens is 4. The van der Waals surface area contributed by atoms with Crippen LogP contribution < -0.4 is 9.47 Å². The van der Waals surface area contributed by atoms with Gasteiger partial charge in [-0.2, -0.15) is 11.1 Å². The molecule has 8 heteroatoms. The Bertz CT molecular complexity index is 1820. The molecule has 48 heavy (non-hydrogen) atoms. The second-order valence-electron chi connectivity index (χ2n) is 10.5. The fraction of sp³-hybridized carbons (Fsp3) is 0.150. The summed E-state index contributed by atoms with van der Waals surface area (Å²) in [6, 6.07) is 37.1. The normalized spacial score (nSPS) is 11.7. The van der Waals surface area contributed by atoms with E-state index in [1.54, 1.807) is 46.3 Å². The summed E-state index contributed by atoms with van der Waals surface area (Å²) in [7, 11) is 0. The van der Waals surface area contributed by atoms with Gasteiger partial charge < -0.3 is 66.8 Å². The molecule has 0 spiro atoms. The molecule has 0 N–H and O–H groups in total. The Balaban J connectivity index is 0.000000271. The third-order valence-electron chi connectivity index (χ3n) is 7.42. The molecule has 246 valence electrons. The Hall–Kier alpha value is -4.60. The van der Waals surface area contributed by atoms with Gasteiger partial charge in [0, 0.05) is 91.4 Å². The minimum absolute atomic E-state index is 0. The number of fused-ring (bicyclic) bond motifs is 2. The number of ether oxygens (including phenoxy) is 2. The monoisotopic (exact) mass is 986 g/mol. The van der Waals surface area contributed by atoms with E-state index in [0.717, 1.165) is 61.2 Å². The maximum Gasteiger partial charge on any atom is 0.215 e. The van der Waals surface area contributed by atoms with E-state index in [1.165, 1.54) is 22.3 Å². The van der Waals surface area contributed by atoms with Gasteiger partial charge in [-0.05, 0) is 36.4 Å². The molecule has 2 aromatic carbocycles. The van der Waals surface area contributed by atoms with Crippen molar-refractivity contribution in [2.24, 2.45) is 0 Å². The van der Waals surface area contributed by atoms with Gasteiger partial charge in [0.25, 0.3) is 0 Å². The molecule has 4 heterocycles. The van der Waals surface area contributed by atoms with Gasteiger partial charge in [0.1, 0.15) is 0 Å². The fourth-order valence-corrected chi connectivity index (χ4v) is 5.27. The van der Waals surface area contributed by atoms with Crippen LogP contribution in [0.2, 0.25) is 0 Å². The summed E-state index contributed by atoms with van der Waals surface area (Å²) in [5.74, 6) is 2.58. The van der Waals surface area contributed by atoms with E-state index >= 15 is 0 Å².